The first-order valence-electron chi connectivity index (χ1n) is 9.31. The molecule has 168 valence electrons. The number of alkyl halides is 3. The molecular weight excluding hydrogens is 453 g/mol. The molecule has 0 aromatic heterocycles. The zero-order valence-electron chi connectivity index (χ0n) is 16.8. The topological polar surface area (TPSA) is 67.4 Å². The molecule has 0 heterocycles. The van der Waals surface area contributed by atoms with Crippen LogP contribution in [0.2, 0.25) is 5.02 Å². The molecule has 2 atom stereocenters. The minimum absolute atomic E-state index is 0.263. The molecule has 2 N–H and O–H groups in total. The Labute approximate surface area is 187 Å². The summed E-state index contributed by atoms with van der Waals surface area (Å²) in [6.07, 6.45) is -2.49. The van der Waals surface area contributed by atoms with Gasteiger partial charge in [0.2, 0.25) is 5.91 Å². The minimum atomic E-state index is -4.77. The lowest BCUT2D eigenvalue weighted by Crippen LogP contribution is -2.47. The van der Waals surface area contributed by atoms with Crippen molar-refractivity contribution in [2.45, 2.75) is 31.8 Å². The molecule has 0 fully saturated rings. The van der Waals surface area contributed by atoms with Crippen molar-refractivity contribution in [1.82, 2.24) is 10.6 Å². The highest BCUT2D eigenvalue weighted by Gasteiger charge is 2.31. The second kappa shape index (κ2) is 11.3. The van der Waals surface area contributed by atoms with Crippen LogP contribution in [0, 0.1) is 0 Å². The van der Waals surface area contributed by atoms with Crippen molar-refractivity contribution in [3.63, 3.8) is 0 Å². The zero-order chi connectivity index (χ0) is 23.0. The van der Waals surface area contributed by atoms with E-state index in [9.17, 15) is 22.8 Å². The fraction of sp³-hybridized carbons (Fsp3) is 0.333. The number of ether oxygens (including phenoxy) is 1. The highest BCUT2D eigenvalue weighted by Crippen LogP contribution is 2.24. The van der Waals surface area contributed by atoms with Crippen molar-refractivity contribution >= 4 is 35.2 Å². The number of halogens is 4. The summed E-state index contributed by atoms with van der Waals surface area (Å²) in [5.74, 6) is -0.580. The highest BCUT2D eigenvalue weighted by molar-refractivity contribution is 7.98. The normalized spacial score (nSPS) is 13.2. The predicted molar refractivity (Wildman–Crippen MR) is 115 cm³/mol. The van der Waals surface area contributed by atoms with Gasteiger partial charge in [0.15, 0.2) is 0 Å². The van der Waals surface area contributed by atoms with E-state index in [4.69, 9.17) is 11.6 Å². The van der Waals surface area contributed by atoms with Gasteiger partial charge in [-0.15, -0.1) is 13.2 Å². The molecule has 0 aliphatic rings. The third kappa shape index (κ3) is 7.99. The number of thioether (sulfide) groups is 1. The molecule has 2 rings (SSSR count). The van der Waals surface area contributed by atoms with Crippen molar-refractivity contribution in [2.75, 3.05) is 12.0 Å². The van der Waals surface area contributed by atoms with Crippen molar-refractivity contribution in [2.24, 2.45) is 0 Å². The number of carbonyl (C=O) groups is 2. The van der Waals surface area contributed by atoms with Crippen molar-refractivity contribution in [3.8, 4) is 5.75 Å². The quantitative estimate of drug-likeness (QED) is 0.538. The molecule has 0 aliphatic carbocycles. The van der Waals surface area contributed by atoms with Gasteiger partial charge in [0.25, 0.3) is 5.91 Å². The maximum Gasteiger partial charge on any atom is 0.573 e. The summed E-state index contributed by atoms with van der Waals surface area (Å²) >= 11 is 7.59. The molecule has 2 amide bonds. The predicted octanol–water partition coefficient (Wildman–Crippen LogP) is 4.97. The van der Waals surface area contributed by atoms with Gasteiger partial charge in [0, 0.05) is 0 Å². The fourth-order valence-corrected chi connectivity index (χ4v) is 3.43. The Morgan fingerprint density at radius 1 is 1.10 bits per heavy atom. The van der Waals surface area contributed by atoms with E-state index in [-0.39, 0.29) is 16.3 Å². The third-order valence-electron chi connectivity index (χ3n) is 4.32. The smallest absolute Gasteiger partial charge is 0.406 e. The van der Waals surface area contributed by atoms with Crippen LogP contribution in [-0.2, 0) is 4.79 Å². The van der Waals surface area contributed by atoms with Crippen LogP contribution >= 0.6 is 23.4 Å². The van der Waals surface area contributed by atoms with Gasteiger partial charge in [-0.25, -0.2) is 0 Å². The summed E-state index contributed by atoms with van der Waals surface area (Å²) in [4.78, 5) is 25.4. The maximum absolute atomic E-state index is 12.8. The van der Waals surface area contributed by atoms with E-state index in [1.165, 1.54) is 36.0 Å². The maximum atomic E-state index is 12.8. The Hall–Kier alpha value is -2.39. The number of benzene rings is 2. The Bertz CT molecular complexity index is 894. The minimum Gasteiger partial charge on any atom is -0.406 e. The second-order valence-electron chi connectivity index (χ2n) is 6.63. The average molecular weight is 475 g/mol. The second-order valence-corrected chi connectivity index (χ2v) is 8.03. The molecule has 0 aliphatic heterocycles. The number of carbonyl (C=O) groups excluding carboxylic acids is 2. The lowest BCUT2D eigenvalue weighted by molar-refractivity contribution is -0.274. The summed E-state index contributed by atoms with van der Waals surface area (Å²) in [6, 6.07) is 10.4. The van der Waals surface area contributed by atoms with E-state index in [1.54, 1.807) is 31.2 Å². The number of hydrogen-bond acceptors (Lipinski definition) is 4. The van der Waals surface area contributed by atoms with Crippen LogP contribution in [0.25, 0.3) is 0 Å². The van der Waals surface area contributed by atoms with Gasteiger partial charge < -0.3 is 15.4 Å². The number of nitrogens with one attached hydrogen (secondary N) is 2. The molecular formula is C21H22ClF3N2O3S. The Kier molecular flexibility index (Phi) is 9.06. The van der Waals surface area contributed by atoms with Crippen LogP contribution in [0.3, 0.4) is 0 Å². The van der Waals surface area contributed by atoms with Gasteiger partial charge in [-0.1, -0.05) is 35.9 Å². The van der Waals surface area contributed by atoms with E-state index in [2.05, 4.69) is 15.4 Å². The molecule has 2 unspecified atom stereocenters. The van der Waals surface area contributed by atoms with E-state index in [0.29, 0.717) is 17.7 Å². The van der Waals surface area contributed by atoms with E-state index in [1.807, 2.05) is 6.26 Å². The van der Waals surface area contributed by atoms with Gasteiger partial charge in [-0.05, 0) is 55.2 Å². The molecule has 2 aromatic rings. The average Bonchev–Trinajstić information content (AvgIpc) is 2.70. The number of amides is 2. The third-order valence-corrected chi connectivity index (χ3v) is 5.30. The van der Waals surface area contributed by atoms with Crippen molar-refractivity contribution in [1.29, 1.82) is 0 Å². The van der Waals surface area contributed by atoms with Crippen LogP contribution in [0.5, 0.6) is 5.75 Å². The summed E-state index contributed by atoms with van der Waals surface area (Å²) in [5.41, 5.74) is 0.850. The molecule has 0 radical (unpaired) electrons. The highest BCUT2D eigenvalue weighted by atomic mass is 35.5. The Balaban J connectivity index is 2.05. The largest absolute Gasteiger partial charge is 0.573 e. The molecule has 0 saturated carbocycles. The van der Waals surface area contributed by atoms with Gasteiger partial charge in [0.05, 0.1) is 16.6 Å². The van der Waals surface area contributed by atoms with Gasteiger partial charge in [0.1, 0.15) is 11.8 Å². The van der Waals surface area contributed by atoms with Crippen LogP contribution < -0.4 is 15.4 Å². The van der Waals surface area contributed by atoms with Crippen molar-refractivity contribution < 1.29 is 27.5 Å². The van der Waals surface area contributed by atoms with Crippen LogP contribution in [-0.4, -0.2) is 36.2 Å². The van der Waals surface area contributed by atoms with Gasteiger partial charge in [-0.3, -0.25) is 9.59 Å². The lowest BCUT2D eigenvalue weighted by atomic mass is 10.1. The van der Waals surface area contributed by atoms with E-state index < -0.39 is 30.3 Å². The first kappa shape index (κ1) is 24.9. The van der Waals surface area contributed by atoms with Gasteiger partial charge >= 0.3 is 6.36 Å². The molecule has 2 aromatic carbocycles. The summed E-state index contributed by atoms with van der Waals surface area (Å²) in [5, 5.41) is 5.77. The summed E-state index contributed by atoms with van der Waals surface area (Å²) in [7, 11) is 0. The molecule has 0 saturated heterocycles. The Morgan fingerprint density at radius 2 is 1.74 bits per heavy atom. The Morgan fingerprint density at radius 3 is 2.32 bits per heavy atom. The van der Waals surface area contributed by atoms with Crippen LogP contribution in [0.1, 0.15) is 35.3 Å². The summed E-state index contributed by atoms with van der Waals surface area (Å²) in [6.45, 7) is 1.69. The van der Waals surface area contributed by atoms with E-state index in [0.717, 1.165) is 0 Å². The first-order chi connectivity index (χ1) is 14.6. The molecule has 0 spiro atoms. The number of hydrogen-bond donors (Lipinski definition) is 2. The van der Waals surface area contributed by atoms with Crippen LogP contribution in [0.15, 0.2) is 48.5 Å². The lowest BCUT2D eigenvalue weighted by Gasteiger charge is -2.22. The molecule has 5 nitrogen and oxygen atoms in total. The molecule has 31 heavy (non-hydrogen) atoms. The van der Waals surface area contributed by atoms with Crippen LogP contribution in [0.4, 0.5) is 13.2 Å². The van der Waals surface area contributed by atoms with E-state index >= 15 is 0 Å². The van der Waals surface area contributed by atoms with Gasteiger partial charge in [-0.2, -0.15) is 11.8 Å². The summed E-state index contributed by atoms with van der Waals surface area (Å²) < 4.78 is 40.7. The first-order valence-corrected chi connectivity index (χ1v) is 11.1. The number of rotatable bonds is 9. The molecule has 0 bridgehead atoms. The SMILES string of the molecule is CSCCC(NC(=O)c1ccccc1Cl)C(=O)NC(C)c1ccc(OC(F)(F)F)cc1. The molecule has 10 heteroatoms. The van der Waals surface area contributed by atoms with Crippen molar-refractivity contribution in [3.05, 3.63) is 64.7 Å². The monoisotopic (exact) mass is 474 g/mol. The standard InChI is InChI=1S/C21H22ClF3N2O3S/c1-13(14-7-9-15(10-8-14)30-21(23,24)25)26-20(29)18(11-12-31-2)27-19(28)16-5-3-4-6-17(16)22/h3-10,13,18H,11-12H2,1-2H3,(H,26,29)(H,27,28). The zero-order valence-corrected chi connectivity index (χ0v) is 18.4. The fourth-order valence-electron chi connectivity index (χ4n) is 2.74.